The number of aromatic nitrogens is 2. The molecule has 1 saturated carbocycles. The van der Waals surface area contributed by atoms with E-state index in [-0.39, 0.29) is 0 Å². The van der Waals surface area contributed by atoms with Gasteiger partial charge in [0.15, 0.2) is 0 Å². The molecular formula is C15H23N3. The van der Waals surface area contributed by atoms with Crippen molar-refractivity contribution in [3.63, 3.8) is 0 Å². The van der Waals surface area contributed by atoms with Gasteiger partial charge in [-0.15, -0.1) is 0 Å². The van der Waals surface area contributed by atoms with Crippen LogP contribution in [0.25, 0.3) is 6.20 Å². The van der Waals surface area contributed by atoms with Crippen molar-refractivity contribution >= 4 is 6.20 Å². The highest BCUT2D eigenvalue weighted by Gasteiger charge is 2.40. The molecule has 18 heavy (non-hydrogen) atoms. The molecule has 1 aromatic rings. The summed E-state index contributed by atoms with van der Waals surface area (Å²) in [6.07, 6.45) is 6.61. The van der Waals surface area contributed by atoms with Crippen molar-refractivity contribution in [3.05, 3.63) is 30.7 Å². The predicted octanol–water partition coefficient (Wildman–Crippen LogP) is 2.81. The van der Waals surface area contributed by atoms with Crippen LogP contribution in [0.4, 0.5) is 0 Å². The topological polar surface area (TPSA) is 30.2 Å². The van der Waals surface area contributed by atoms with Crippen molar-refractivity contribution in [1.29, 1.82) is 0 Å². The zero-order valence-corrected chi connectivity index (χ0v) is 11.6. The van der Waals surface area contributed by atoms with E-state index < -0.39 is 0 Å². The van der Waals surface area contributed by atoms with Gasteiger partial charge in [0, 0.05) is 25.1 Å². The molecule has 98 valence electrons. The lowest BCUT2D eigenvalue weighted by Crippen LogP contribution is -2.42. The molecule has 0 saturated heterocycles. The summed E-state index contributed by atoms with van der Waals surface area (Å²) >= 11 is 0. The number of hydrogen-bond acceptors (Lipinski definition) is 2. The van der Waals surface area contributed by atoms with Crippen LogP contribution in [0.15, 0.2) is 30.0 Å². The summed E-state index contributed by atoms with van der Waals surface area (Å²) in [6, 6.07) is 1.89. The van der Waals surface area contributed by atoms with Crippen LogP contribution in [-0.4, -0.2) is 16.1 Å². The van der Waals surface area contributed by atoms with Gasteiger partial charge in [0.05, 0.1) is 0 Å². The highest BCUT2D eigenvalue weighted by Crippen LogP contribution is 2.46. The zero-order valence-electron chi connectivity index (χ0n) is 11.6. The van der Waals surface area contributed by atoms with Crippen molar-refractivity contribution in [2.24, 2.45) is 28.7 Å². The van der Waals surface area contributed by atoms with E-state index in [1.54, 1.807) is 12.4 Å². The summed E-state index contributed by atoms with van der Waals surface area (Å²) in [6.45, 7) is 11.7. The molecular weight excluding hydrogens is 222 g/mol. The normalized spacial score (nSPS) is 32.1. The molecule has 0 aliphatic heterocycles. The predicted molar refractivity (Wildman–Crippen MR) is 74.6 cm³/mol. The van der Waals surface area contributed by atoms with Crippen LogP contribution in [0, 0.1) is 23.7 Å². The van der Waals surface area contributed by atoms with E-state index in [1.165, 1.54) is 6.42 Å². The van der Waals surface area contributed by atoms with E-state index in [0.29, 0.717) is 0 Å². The van der Waals surface area contributed by atoms with Gasteiger partial charge in [0.2, 0.25) is 5.62 Å². The Hall–Kier alpha value is -1.38. The first-order valence-corrected chi connectivity index (χ1v) is 6.81. The molecule has 0 radical (unpaired) electrons. The summed E-state index contributed by atoms with van der Waals surface area (Å²) in [5.74, 6) is 3.36. The Labute approximate surface area is 109 Å². The van der Waals surface area contributed by atoms with Crippen LogP contribution in [0.1, 0.15) is 27.2 Å². The Morgan fingerprint density at radius 1 is 1.33 bits per heavy atom. The molecule has 0 spiro atoms. The fraction of sp³-hybridized carbons (Fsp3) is 0.600. The molecule has 0 aromatic carbocycles. The third kappa shape index (κ3) is 2.40. The van der Waals surface area contributed by atoms with Crippen LogP contribution in [0.5, 0.6) is 0 Å². The van der Waals surface area contributed by atoms with Gasteiger partial charge in [-0.1, -0.05) is 27.4 Å². The Morgan fingerprint density at radius 3 is 2.72 bits per heavy atom. The number of nitrogens with zero attached hydrogens (tertiary/aromatic N) is 3. The molecule has 1 fully saturated rings. The quantitative estimate of drug-likeness (QED) is 0.802. The third-order valence-corrected chi connectivity index (χ3v) is 4.68. The lowest BCUT2D eigenvalue weighted by atomic mass is 9.58. The number of rotatable bonds is 4. The van der Waals surface area contributed by atoms with Gasteiger partial charge in [0.25, 0.3) is 0 Å². The van der Waals surface area contributed by atoms with E-state index in [2.05, 4.69) is 37.3 Å². The van der Waals surface area contributed by atoms with E-state index in [9.17, 15) is 0 Å². The smallest absolute Gasteiger partial charge is 0.228 e. The van der Waals surface area contributed by atoms with Gasteiger partial charge in [0.1, 0.15) is 0 Å². The van der Waals surface area contributed by atoms with Gasteiger partial charge in [-0.3, -0.25) is 9.56 Å². The molecule has 0 bridgehead atoms. The first-order valence-electron chi connectivity index (χ1n) is 6.81. The monoisotopic (exact) mass is 245 g/mol. The zero-order chi connectivity index (χ0) is 13.1. The van der Waals surface area contributed by atoms with E-state index in [1.807, 2.05) is 16.8 Å². The van der Waals surface area contributed by atoms with Crippen LogP contribution >= 0.6 is 0 Å². The fourth-order valence-electron chi connectivity index (χ4n) is 3.07. The molecule has 1 aliphatic rings. The fourth-order valence-corrected chi connectivity index (χ4v) is 3.07. The van der Waals surface area contributed by atoms with E-state index in [0.717, 1.165) is 35.8 Å². The second-order valence-electron chi connectivity index (χ2n) is 5.42. The van der Waals surface area contributed by atoms with Gasteiger partial charge in [-0.05, 0) is 36.2 Å². The Bertz CT molecular complexity index is 465. The lowest BCUT2D eigenvalue weighted by Gasteiger charge is -2.48. The molecule has 3 nitrogen and oxygen atoms in total. The van der Waals surface area contributed by atoms with Crippen LogP contribution in [-0.2, 0) is 0 Å². The van der Waals surface area contributed by atoms with Crippen molar-refractivity contribution in [2.45, 2.75) is 27.2 Å². The Kier molecular flexibility index (Phi) is 4.00. The van der Waals surface area contributed by atoms with Gasteiger partial charge in [-0.2, -0.15) is 0 Å². The summed E-state index contributed by atoms with van der Waals surface area (Å²) in [5, 5.41) is 0. The van der Waals surface area contributed by atoms with E-state index in [4.69, 9.17) is 0 Å². The van der Waals surface area contributed by atoms with Crippen LogP contribution < -0.4 is 5.62 Å². The minimum Gasteiger partial charge on any atom is -0.294 e. The maximum Gasteiger partial charge on any atom is 0.228 e. The standard InChI is InChI=1S/C15H23N3/c1-5-18-10-6-8-16-15(18)17-9-7-14-12(3)11(2)13(14)4/h5-6,8,10-14H,1,7,9H2,2-4H3. The first kappa shape index (κ1) is 13.1. The summed E-state index contributed by atoms with van der Waals surface area (Å²) in [5.41, 5.74) is 0.750. The molecule has 2 rings (SSSR count). The van der Waals surface area contributed by atoms with Gasteiger partial charge in [-0.25, -0.2) is 4.98 Å². The molecule has 2 atom stereocenters. The minimum absolute atomic E-state index is 0.750. The van der Waals surface area contributed by atoms with Crippen LogP contribution in [0.2, 0.25) is 0 Å². The maximum absolute atomic E-state index is 4.57. The lowest BCUT2D eigenvalue weighted by molar-refractivity contribution is 0.0114. The number of hydrogen-bond donors (Lipinski definition) is 0. The summed E-state index contributed by atoms with van der Waals surface area (Å²) in [7, 11) is 0. The Morgan fingerprint density at radius 2 is 2.06 bits per heavy atom. The molecule has 1 aliphatic carbocycles. The third-order valence-electron chi connectivity index (χ3n) is 4.68. The van der Waals surface area contributed by atoms with E-state index >= 15 is 0 Å². The highest BCUT2D eigenvalue weighted by atomic mass is 15.1. The average Bonchev–Trinajstić information content (AvgIpc) is 2.42. The maximum atomic E-state index is 4.57. The van der Waals surface area contributed by atoms with Crippen LogP contribution in [0.3, 0.4) is 0 Å². The second-order valence-corrected chi connectivity index (χ2v) is 5.42. The minimum atomic E-state index is 0.750. The molecule has 1 aromatic heterocycles. The molecule has 0 amide bonds. The molecule has 2 unspecified atom stereocenters. The molecule has 1 heterocycles. The van der Waals surface area contributed by atoms with Crippen molar-refractivity contribution in [2.75, 3.05) is 6.54 Å². The Balaban J connectivity index is 1.98. The second kappa shape index (κ2) is 5.51. The average molecular weight is 245 g/mol. The van der Waals surface area contributed by atoms with Crippen molar-refractivity contribution in [3.8, 4) is 0 Å². The van der Waals surface area contributed by atoms with Gasteiger partial charge < -0.3 is 0 Å². The largest absolute Gasteiger partial charge is 0.294 e. The highest BCUT2D eigenvalue weighted by molar-refractivity contribution is 5.14. The molecule has 0 N–H and O–H groups in total. The SMILES string of the molecule is C=Cn1cccnc1=NCCC1C(C)C(C)C1C. The van der Waals surface area contributed by atoms with Gasteiger partial charge >= 0.3 is 0 Å². The summed E-state index contributed by atoms with van der Waals surface area (Å²) < 4.78 is 1.86. The first-order chi connectivity index (χ1) is 8.65. The van der Waals surface area contributed by atoms with Crippen molar-refractivity contribution < 1.29 is 0 Å². The molecule has 3 heteroatoms. The summed E-state index contributed by atoms with van der Waals surface area (Å²) in [4.78, 5) is 8.84. The van der Waals surface area contributed by atoms with Crippen molar-refractivity contribution in [1.82, 2.24) is 9.55 Å².